The summed E-state index contributed by atoms with van der Waals surface area (Å²) in [5, 5.41) is 13.5. The molecule has 4 aromatic rings. The Morgan fingerprint density at radius 2 is 2.06 bits per heavy atom. The van der Waals surface area contributed by atoms with Crippen LogP contribution in [0, 0.1) is 6.92 Å². The number of pyridine rings is 1. The van der Waals surface area contributed by atoms with Crippen molar-refractivity contribution in [2.75, 3.05) is 5.32 Å². The van der Waals surface area contributed by atoms with Crippen LogP contribution in [-0.2, 0) is 13.6 Å². The van der Waals surface area contributed by atoms with Crippen molar-refractivity contribution in [3.63, 3.8) is 0 Å². The van der Waals surface area contributed by atoms with E-state index in [9.17, 15) is 4.79 Å². The number of aryl methyl sites for hydroxylation is 2. The molecule has 0 bridgehead atoms. The standard InChI is InChI=1S/C23H23ClN8OS/c1-13-20-17(9-19(14-7-8-14)27-21(20)31(2)30-13)22(33)28-29-23(34)26-16-10-25-32(12-16)11-15-5-3-4-6-18(15)24/h3-6,9-10,12,14H,7-8,11H2,1-2H3,(H,28,33)(H2,26,29,34). The second-order valence-electron chi connectivity index (χ2n) is 8.33. The first kappa shape index (κ1) is 22.3. The molecule has 0 aliphatic heterocycles. The molecule has 0 saturated heterocycles. The number of benzene rings is 1. The maximum Gasteiger partial charge on any atom is 0.270 e. The Morgan fingerprint density at radius 1 is 1.26 bits per heavy atom. The monoisotopic (exact) mass is 494 g/mol. The Kier molecular flexibility index (Phi) is 5.93. The van der Waals surface area contributed by atoms with E-state index >= 15 is 0 Å². The van der Waals surface area contributed by atoms with Crippen molar-refractivity contribution < 1.29 is 4.79 Å². The molecule has 3 aromatic heterocycles. The maximum atomic E-state index is 13.1. The van der Waals surface area contributed by atoms with Crippen LogP contribution in [0.5, 0.6) is 0 Å². The van der Waals surface area contributed by atoms with Crippen LogP contribution in [-0.4, -0.2) is 35.6 Å². The van der Waals surface area contributed by atoms with Gasteiger partial charge in [-0.1, -0.05) is 29.8 Å². The number of aromatic nitrogens is 5. The second kappa shape index (κ2) is 9.03. The molecule has 9 nitrogen and oxygen atoms in total. The normalized spacial score (nSPS) is 13.1. The molecule has 1 aromatic carbocycles. The van der Waals surface area contributed by atoms with Crippen LogP contribution in [0.3, 0.4) is 0 Å². The number of hydrogen-bond acceptors (Lipinski definition) is 5. The molecule has 0 radical (unpaired) electrons. The van der Waals surface area contributed by atoms with Crippen molar-refractivity contribution in [2.45, 2.75) is 32.2 Å². The first-order chi connectivity index (χ1) is 16.4. The van der Waals surface area contributed by atoms with Crippen molar-refractivity contribution in [1.29, 1.82) is 0 Å². The molecule has 1 aliphatic rings. The Balaban J connectivity index is 1.24. The van der Waals surface area contributed by atoms with Crippen molar-refractivity contribution in [3.8, 4) is 0 Å². The van der Waals surface area contributed by atoms with Crippen molar-refractivity contribution in [1.82, 2.24) is 35.4 Å². The van der Waals surface area contributed by atoms with Gasteiger partial charge >= 0.3 is 0 Å². The summed E-state index contributed by atoms with van der Waals surface area (Å²) in [4.78, 5) is 17.8. The Morgan fingerprint density at radius 3 is 2.82 bits per heavy atom. The minimum absolute atomic E-state index is 0.237. The molecule has 0 unspecified atom stereocenters. The summed E-state index contributed by atoms with van der Waals surface area (Å²) in [5.41, 5.74) is 10.0. The van der Waals surface area contributed by atoms with Crippen LogP contribution in [0.2, 0.25) is 5.02 Å². The fourth-order valence-corrected chi connectivity index (χ4v) is 4.25. The molecule has 5 rings (SSSR count). The number of amides is 1. The zero-order valence-corrected chi connectivity index (χ0v) is 20.2. The van der Waals surface area contributed by atoms with Crippen LogP contribution in [0.4, 0.5) is 5.69 Å². The minimum Gasteiger partial charge on any atom is -0.329 e. The number of rotatable bonds is 5. The topological polar surface area (TPSA) is 102 Å². The van der Waals surface area contributed by atoms with Crippen LogP contribution < -0.4 is 16.2 Å². The van der Waals surface area contributed by atoms with Crippen LogP contribution in [0.1, 0.15) is 46.1 Å². The van der Waals surface area contributed by atoms with Gasteiger partial charge in [-0.2, -0.15) is 10.2 Å². The highest BCUT2D eigenvalue weighted by atomic mass is 35.5. The van der Waals surface area contributed by atoms with E-state index in [2.05, 4.69) is 26.4 Å². The lowest BCUT2D eigenvalue weighted by Gasteiger charge is -2.12. The van der Waals surface area contributed by atoms with Gasteiger partial charge in [-0.05, 0) is 49.7 Å². The molecule has 1 amide bonds. The van der Waals surface area contributed by atoms with E-state index in [-0.39, 0.29) is 11.0 Å². The van der Waals surface area contributed by atoms with Crippen LogP contribution >= 0.6 is 23.8 Å². The van der Waals surface area contributed by atoms with Crippen molar-refractivity contribution in [2.24, 2.45) is 7.05 Å². The molecule has 1 saturated carbocycles. The van der Waals surface area contributed by atoms with Gasteiger partial charge in [-0.25, -0.2) is 4.98 Å². The first-order valence-electron chi connectivity index (χ1n) is 10.9. The van der Waals surface area contributed by atoms with Gasteiger partial charge in [0.1, 0.15) is 0 Å². The number of hydrazine groups is 1. The number of halogens is 1. The van der Waals surface area contributed by atoms with E-state index in [1.54, 1.807) is 15.6 Å². The summed E-state index contributed by atoms with van der Waals surface area (Å²) >= 11 is 11.6. The molecular weight excluding hydrogens is 472 g/mol. The fourth-order valence-electron chi connectivity index (χ4n) is 3.89. The molecule has 3 N–H and O–H groups in total. The van der Waals surface area contributed by atoms with Gasteiger partial charge in [-0.3, -0.25) is 25.0 Å². The third-order valence-corrected chi connectivity index (χ3v) is 6.27. The lowest BCUT2D eigenvalue weighted by Crippen LogP contribution is -2.43. The maximum absolute atomic E-state index is 13.1. The predicted octanol–water partition coefficient (Wildman–Crippen LogP) is 3.68. The number of carbonyl (C=O) groups is 1. The summed E-state index contributed by atoms with van der Waals surface area (Å²) in [7, 11) is 1.84. The first-order valence-corrected chi connectivity index (χ1v) is 11.6. The Labute approximate surface area is 206 Å². The summed E-state index contributed by atoms with van der Waals surface area (Å²) in [6.07, 6.45) is 5.64. The number of thiocarbonyl (C=S) groups is 1. The van der Waals surface area contributed by atoms with Gasteiger partial charge in [0, 0.05) is 29.9 Å². The SMILES string of the molecule is Cc1nn(C)c2nc(C3CC3)cc(C(=O)NNC(=S)Nc3cnn(Cc4ccccc4Cl)c3)c12. The molecule has 1 fully saturated rings. The average Bonchev–Trinajstić information content (AvgIpc) is 3.52. The van der Waals surface area contributed by atoms with Crippen LogP contribution in [0.25, 0.3) is 11.0 Å². The fraction of sp³-hybridized carbons (Fsp3) is 0.261. The van der Waals surface area contributed by atoms with E-state index in [0.717, 1.165) is 35.2 Å². The lowest BCUT2D eigenvalue weighted by atomic mass is 10.1. The number of nitrogens with zero attached hydrogens (tertiary/aromatic N) is 5. The lowest BCUT2D eigenvalue weighted by molar-refractivity contribution is 0.0945. The van der Waals surface area contributed by atoms with E-state index < -0.39 is 0 Å². The Hall–Kier alpha value is -3.50. The molecule has 0 atom stereocenters. The molecule has 1 aliphatic carbocycles. The molecule has 0 spiro atoms. The van der Waals surface area contributed by atoms with E-state index in [4.69, 9.17) is 28.8 Å². The highest BCUT2D eigenvalue weighted by Gasteiger charge is 2.28. The number of anilines is 1. The van der Waals surface area contributed by atoms with Gasteiger partial charge in [0.05, 0.1) is 35.1 Å². The van der Waals surface area contributed by atoms with E-state index in [1.807, 2.05) is 50.5 Å². The largest absolute Gasteiger partial charge is 0.329 e. The predicted molar refractivity (Wildman–Crippen MR) is 135 cm³/mol. The Bertz CT molecular complexity index is 1410. The molecule has 34 heavy (non-hydrogen) atoms. The third-order valence-electron chi connectivity index (χ3n) is 5.70. The minimum atomic E-state index is -0.302. The summed E-state index contributed by atoms with van der Waals surface area (Å²) < 4.78 is 3.47. The van der Waals surface area contributed by atoms with Gasteiger partial charge in [-0.15, -0.1) is 0 Å². The average molecular weight is 495 g/mol. The number of carbonyl (C=O) groups excluding carboxylic acids is 1. The van der Waals surface area contributed by atoms with Crippen molar-refractivity contribution >= 4 is 51.6 Å². The molecule has 3 heterocycles. The zero-order chi connectivity index (χ0) is 23.8. The van der Waals surface area contributed by atoms with Gasteiger partial charge < -0.3 is 5.32 Å². The highest BCUT2D eigenvalue weighted by Crippen LogP contribution is 2.40. The van der Waals surface area contributed by atoms with Gasteiger partial charge in [0.2, 0.25) is 0 Å². The molecular formula is C23H23ClN8OS. The van der Waals surface area contributed by atoms with Crippen molar-refractivity contribution in [3.05, 3.63) is 70.3 Å². The zero-order valence-electron chi connectivity index (χ0n) is 18.7. The van der Waals surface area contributed by atoms with Gasteiger partial charge in [0.15, 0.2) is 10.8 Å². The number of hydrogen-bond donors (Lipinski definition) is 3. The quantitative estimate of drug-likeness (QED) is 0.287. The summed E-state index contributed by atoms with van der Waals surface area (Å²) in [6.45, 7) is 2.40. The van der Waals surface area contributed by atoms with E-state index in [0.29, 0.717) is 34.4 Å². The molecule has 11 heteroatoms. The number of fused-ring (bicyclic) bond motifs is 1. The smallest absolute Gasteiger partial charge is 0.270 e. The highest BCUT2D eigenvalue weighted by molar-refractivity contribution is 7.80. The molecule has 174 valence electrons. The summed E-state index contributed by atoms with van der Waals surface area (Å²) in [6, 6.07) is 9.48. The second-order valence-corrected chi connectivity index (χ2v) is 9.14. The van der Waals surface area contributed by atoms with Gasteiger partial charge in [0.25, 0.3) is 5.91 Å². The third kappa shape index (κ3) is 4.59. The number of nitrogens with one attached hydrogen (secondary N) is 3. The summed E-state index contributed by atoms with van der Waals surface area (Å²) in [5.74, 6) is 0.105. The van der Waals surface area contributed by atoms with E-state index in [1.165, 1.54) is 0 Å². The van der Waals surface area contributed by atoms with Crippen LogP contribution in [0.15, 0.2) is 42.7 Å².